The fourth-order valence-electron chi connectivity index (χ4n) is 3.07. The van der Waals surface area contributed by atoms with Gasteiger partial charge < -0.3 is 15.2 Å². The maximum absolute atomic E-state index is 12.5. The first-order valence-electron chi connectivity index (χ1n) is 9.09. The van der Waals surface area contributed by atoms with Crippen LogP contribution in [0.2, 0.25) is 5.02 Å². The van der Waals surface area contributed by atoms with Crippen LogP contribution in [-0.2, 0) is 6.54 Å². The maximum atomic E-state index is 12.5. The average molecular weight is 541 g/mol. The molecule has 1 aliphatic rings. The van der Waals surface area contributed by atoms with Gasteiger partial charge in [-0.3, -0.25) is 9.89 Å². The van der Waals surface area contributed by atoms with Gasteiger partial charge in [-0.25, -0.2) is 8.78 Å². The average Bonchev–Trinajstić information content (AvgIpc) is 3.15. The second-order valence-electron chi connectivity index (χ2n) is 6.56. The zero-order valence-electron chi connectivity index (χ0n) is 15.9. The first kappa shape index (κ1) is 23.7. The molecule has 29 heavy (non-hydrogen) atoms. The van der Waals surface area contributed by atoms with Crippen LogP contribution < -0.4 is 10.6 Å². The number of nitrogens with zero attached hydrogens (tertiary/aromatic N) is 4. The zero-order valence-corrected chi connectivity index (χ0v) is 19.0. The number of hydrogen-bond donors (Lipinski definition) is 2. The minimum atomic E-state index is -2.29. The van der Waals surface area contributed by atoms with Gasteiger partial charge in [0.2, 0.25) is 11.7 Å². The SMILES string of the molecule is CN=C(NCc1nc(-c2cccc(Cl)c2)no1)NC1CCN(CC(F)F)CC1.I. The first-order chi connectivity index (χ1) is 13.5. The number of hydrogen-bond acceptors (Lipinski definition) is 5. The molecule has 0 spiro atoms. The van der Waals surface area contributed by atoms with E-state index >= 15 is 0 Å². The molecular weight excluding hydrogens is 517 g/mol. The van der Waals surface area contributed by atoms with Crippen molar-refractivity contribution in [2.75, 3.05) is 26.7 Å². The van der Waals surface area contributed by atoms with Gasteiger partial charge in [0, 0.05) is 36.8 Å². The molecule has 0 amide bonds. The summed E-state index contributed by atoms with van der Waals surface area (Å²) in [5, 5.41) is 11.0. The predicted molar refractivity (Wildman–Crippen MR) is 119 cm³/mol. The van der Waals surface area contributed by atoms with Crippen LogP contribution in [0.15, 0.2) is 33.8 Å². The Morgan fingerprint density at radius 2 is 2.14 bits per heavy atom. The van der Waals surface area contributed by atoms with Gasteiger partial charge in [0.05, 0.1) is 13.1 Å². The van der Waals surface area contributed by atoms with Crippen molar-refractivity contribution in [1.82, 2.24) is 25.7 Å². The van der Waals surface area contributed by atoms with Crippen LogP contribution in [0.25, 0.3) is 11.4 Å². The highest BCUT2D eigenvalue weighted by Gasteiger charge is 2.22. The van der Waals surface area contributed by atoms with E-state index in [0.29, 0.717) is 42.3 Å². The molecule has 0 saturated carbocycles. The monoisotopic (exact) mass is 540 g/mol. The van der Waals surface area contributed by atoms with E-state index in [-0.39, 0.29) is 36.6 Å². The largest absolute Gasteiger partial charge is 0.354 e. The summed E-state index contributed by atoms with van der Waals surface area (Å²) in [5.41, 5.74) is 0.778. The number of benzene rings is 1. The van der Waals surface area contributed by atoms with E-state index in [9.17, 15) is 8.78 Å². The van der Waals surface area contributed by atoms with Crippen LogP contribution in [0, 0.1) is 0 Å². The minimum absolute atomic E-state index is 0. The summed E-state index contributed by atoms with van der Waals surface area (Å²) in [7, 11) is 1.67. The lowest BCUT2D eigenvalue weighted by Gasteiger charge is -2.32. The molecule has 1 fully saturated rings. The van der Waals surface area contributed by atoms with Gasteiger partial charge in [-0.05, 0) is 25.0 Å². The predicted octanol–water partition coefficient (Wildman–Crippen LogP) is 3.40. The molecule has 160 valence electrons. The Balaban J connectivity index is 0.00000300. The van der Waals surface area contributed by atoms with Gasteiger partial charge in [-0.1, -0.05) is 28.9 Å². The number of aliphatic imine (C=N–C) groups is 1. The van der Waals surface area contributed by atoms with E-state index in [4.69, 9.17) is 16.1 Å². The third-order valence-corrected chi connectivity index (χ3v) is 4.74. The summed E-state index contributed by atoms with van der Waals surface area (Å²) >= 11 is 5.99. The molecule has 0 atom stereocenters. The quantitative estimate of drug-likeness (QED) is 0.332. The summed E-state index contributed by atoms with van der Waals surface area (Å²) in [6.45, 7) is 1.45. The minimum Gasteiger partial charge on any atom is -0.354 e. The normalized spacial score (nSPS) is 16.0. The fraction of sp³-hybridized carbons (Fsp3) is 0.500. The van der Waals surface area contributed by atoms with Crippen molar-refractivity contribution in [2.45, 2.75) is 31.9 Å². The van der Waals surface area contributed by atoms with Crippen molar-refractivity contribution < 1.29 is 13.3 Å². The standard InChI is InChI=1S/C18H23ClF2N6O.HI/c1-22-18(24-14-5-7-27(8-6-14)11-15(20)21)23-10-16-25-17(26-28-16)12-3-2-4-13(19)9-12;/h2-4,9,14-15H,5-8,10-11H2,1H3,(H2,22,23,24);1H. The molecule has 1 aliphatic heterocycles. The van der Waals surface area contributed by atoms with Crippen molar-refractivity contribution in [3.63, 3.8) is 0 Å². The highest BCUT2D eigenvalue weighted by molar-refractivity contribution is 14.0. The number of rotatable bonds is 6. The molecule has 1 aromatic carbocycles. The third-order valence-electron chi connectivity index (χ3n) is 4.51. The molecule has 0 radical (unpaired) electrons. The topological polar surface area (TPSA) is 78.6 Å². The Bertz CT molecular complexity index is 798. The van der Waals surface area contributed by atoms with Gasteiger partial charge in [0.25, 0.3) is 6.43 Å². The van der Waals surface area contributed by atoms with E-state index in [0.717, 1.165) is 18.4 Å². The van der Waals surface area contributed by atoms with E-state index < -0.39 is 6.43 Å². The number of alkyl halides is 2. The van der Waals surface area contributed by atoms with Crippen LogP contribution in [0.3, 0.4) is 0 Å². The summed E-state index contributed by atoms with van der Waals surface area (Å²) in [4.78, 5) is 10.3. The molecule has 2 aromatic rings. The maximum Gasteiger partial charge on any atom is 0.251 e. The van der Waals surface area contributed by atoms with Crippen LogP contribution >= 0.6 is 35.6 Å². The van der Waals surface area contributed by atoms with E-state index in [1.54, 1.807) is 24.1 Å². The smallest absolute Gasteiger partial charge is 0.251 e. The second kappa shape index (κ2) is 11.6. The number of guanidine groups is 1. The Kier molecular flexibility index (Phi) is 9.50. The molecular formula is C18H24ClF2IN6O. The van der Waals surface area contributed by atoms with Gasteiger partial charge in [0.15, 0.2) is 5.96 Å². The summed E-state index contributed by atoms with van der Waals surface area (Å²) in [6.07, 6.45) is -0.718. The second-order valence-corrected chi connectivity index (χ2v) is 6.99. The highest BCUT2D eigenvalue weighted by atomic mass is 127. The van der Waals surface area contributed by atoms with E-state index in [2.05, 4.69) is 25.8 Å². The van der Waals surface area contributed by atoms with Crippen molar-refractivity contribution >= 4 is 41.5 Å². The lowest BCUT2D eigenvalue weighted by atomic mass is 10.1. The molecule has 3 rings (SSSR count). The van der Waals surface area contributed by atoms with Crippen molar-refractivity contribution in [2.24, 2.45) is 4.99 Å². The summed E-state index contributed by atoms with van der Waals surface area (Å²) in [5.74, 6) is 1.49. The number of nitrogens with one attached hydrogen (secondary N) is 2. The Morgan fingerprint density at radius 1 is 1.38 bits per heavy atom. The Labute approximate surface area is 190 Å². The number of piperidine rings is 1. The Morgan fingerprint density at radius 3 is 2.79 bits per heavy atom. The number of aromatic nitrogens is 2. The molecule has 0 bridgehead atoms. The van der Waals surface area contributed by atoms with Crippen LogP contribution in [0.1, 0.15) is 18.7 Å². The molecule has 7 nitrogen and oxygen atoms in total. The zero-order chi connectivity index (χ0) is 19.9. The van der Waals surface area contributed by atoms with Gasteiger partial charge in [-0.2, -0.15) is 4.98 Å². The molecule has 0 aliphatic carbocycles. The molecule has 2 heterocycles. The first-order valence-corrected chi connectivity index (χ1v) is 9.47. The van der Waals surface area contributed by atoms with Crippen molar-refractivity contribution in [3.8, 4) is 11.4 Å². The highest BCUT2D eigenvalue weighted by Crippen LogP contribution is 2.19. The van der Waals surface area contributed by atoms with Gasteiger partial charge in [-0.15, -0.1) is 24.0 Å². The lowest BCUT2D eigenvalue weighted by molar-refractivity contribution is 0.0744. The van der Waals surface area contributed by atoms with Crippen LogP contribution in [0.5, 0.6) is 0 Å². The van der Waals surface area contributed by atoms with Crippen molar-refractivity contribution in [3.05, 3.63) is 35.2 Å². The molecule has 11 heteroatoms. The fourth-order valence-corrected chi connectivity index (χ4v) is 3.26. The van der Waals surface area contributed by atoms with Crippen molar-refractivity contribution in [1.29, 1.82) is 0 Å². The molecule has 0 unspecified atom stereocenters. The molecule has 1 aromatic heterocycles. The Hall–Kier alpha value is -1.53. The van der Waals surface area contributed by atoms with E-state index in [1.807, 2.05) is 12.1 Å². The number of halogens is 4. The molecule has 1 saturated heterocycles. The number of likely N-dealkylation sites (tertiary alicyclic amines) is 1. The van der Waals surface area contributed by atoms with E-state index in [1.165, 1.54) is 0 Å². The van der Waals surface area contributed by atoms with Crippen LogP contribution in [-0.4, -0.2) is 60.1 Å². The third kappa shape index (κ3) is 7.34. The summed E-state index contributed by atoms with van der Waals surface area (Å²) < 4.78 is 30.2. The van der Waals surface area contributed by atoms with Crippen LogP contribution in [0.4, 0.5) is 8.78 Å². The van der Waals surface area contributed by atoms with Gasteiger partial charge in [0.1, 0.15) is 0 Å². The summed E-state index contributed by atoms with van der Waals surface area (Å²) in [6, 6.07) is 7.41. The lowest BCUT2D eigenvalue weighted by Crippen LogP contribution is -2.49. The van der Waals surface area contributed by atoms with Gasteiger partial charge >= 0.3 is 0 Å². The molecule has 2 N–H and O–H groups in total.